The highest BCUT2D eigenvalue weighted by Crippen LogP contribution is 2.29. The van der Waals surface area contributed by atoms with Crippen molar-refractivity contribution in [3.63, 3.8) is 0 Å². The van der Waals surface area contributed by atoms with E-state index in [9.17, 15) is 9.59 Å². The maximum atomic E-state index is 12.8. The summed E-state index contributed by atoms with van der Waals surface area (Å²) in [5.41, 5.74) is 6.94. The smallest absolute Gasteiger partial charge is 0.273 e. The van der Waals surface area contributed by atoms with Crippen molar-refractivity contribution in [3.8, 4) is 5.69 Å². The van der Waals surface area contributed by atoms with Gasteiger partial charge in [-0.25, -0.2) is 0 Å². The first-order chi connectivity index (χ1) is 15.7. The summed E-state index contributed by atoms with van der Waals surface area (Å²) in [5, 5.41) is 12.1. The van der Waals surface area contributed by atoms with Gasteiger partial charge in [-0.2, -0.15) is 0 Å². The first-order valence-corrected chi connectivity index (χ1v) is 11.0. The second-order valence-electron chi connectivity index (χ2n) is 7.98. The van der Waals surface area contributed by atoms with Crippen molar-refractivity contribution in [2.75, 3.05) is 32.5 Å². The van der Waals surface area contributed by atoms with Crippen molar-refractivity contribution in [3.05, 3.63) is 63.8 Å². The highest BCUT2D eigenvalue weighted by molar-refractivity contribution is 6.37. The highest BCUT2D eigenvalue weighted by atomic mass is 35.5. The minimum atomic E-state index is -0.761. The number of rotatable bonds is 6. The second kappa shape index (κ2) is 9.38. The van der Waals surface area contributed by atoms with Crippen LogP contribution in [0.2, 0.25) is 10.0 Å². The zero-order valence-corrected chi connectivity index (χ0v) is 19.6. The van der Waals surface area contributed by atoms with Crippen LogP contribution >= 0.6 is 23.2 Å². The maximum Gasteiger partial charge on any atom is 0.273 e. The molecule has 172 valence electrons. The van der Waals surface area contributed by atoms with E-state index in [0.717, 1.165) is 13.0 Å². The van der Waals surface area contributed by atoms with Crippen molar-refractivity contribution >= 4 is 46.5 Å². The Hall–Kier alpha value is -3.14. The average Bonchev–Trinajstić information content (AvgIpc) is 3.42. The number of nitrogens with zero attached hydrogens (tertiary/aromatic N) is 5. The van der Waals surface area contributed by atoms with Gasteiger partial charge in [0, 0.05) is 30.4 Å². The van der Waals surface area contributed by atoms with Crippen LogP contribution in [-0.4, -0.2) is 69.8 Å². The van der Waals surface area contributed by atoms with Gasteiger partial charge in [-0.1, -0.05) is 29.3 Å². The van der Waals surface area contributed by atoms with Crippen molar-refractivity contribution < 1.29 is 9.59 Å². The number of nitrogens with two attached hydrogens (primary N) is 1. The molecule has 1 fully saturated rings. The molecule has 0 radical (unpaired) electrons. The number of benzene rings is 2. The number of hydrogen-bond donors (Lipinski definition) is 2. The third-order valence-electron chi connectivity index (χ3n) is 5.56. The molecule has 0 aliphatic carbocycles. The Bertz CT molecular complexity index is 1170. The molecule has 9 nitrogen and oxygen atoms in total. The quantitative estimate of drug-likeness (QED) is 0.552. The van der Waals surface area contributed by atoms with Gasteiger partial charge in [0.1, 0.15) is 5.69 Å². The number of likely N-dealkylation sites (tertiary alicyclic amines) is 1. The second-order valence-corrected chi connectivity index (χ2v) is 8.80. The van der Waals surface area contributed by atoms with Crippen LogP contribution in [0.5, 0.6) is 0 Å². The standard InChI is InChI=1S/C22H23Cl2N7O2/c1-29(2)15-10-11-30(12-15)22(33)13-6-8-14(9-7-13)26-21-18(20(25)32)27-31(28-21)19-16(23)4-3-5-17(19)24/h3-9,15H,10-12H2,1-2H3,(H2,25,32)(H,26,28)/t15-/m0/s1. The van der Waals surface area contributed by atoms with Crippen molar-refractivity contribution in [2.45, 2.75) is 12.5 Å². The molecular weight excluding hydrogens is 465 g/mol. The summed E-state index contributed by atoms with van der Waals surface area (Å²) < 4.78 is 0. The van der Waals surface area contributed by atoms with E-state index >= 15 is 0 Å². The van der Waals surface area contributed by atoms with Crippen LogP contribution in [0, 0.1) is 0 Å². The molecule has 2 aromatic carbocycles. The molecule has 4 rings (SSSR count). The van der Waals surface area contributed by atoms with Crippen LogP contribution in [0.4, 0.5) is 11.5 Å². The Morgan fingerprint density at radius 2 is 1.76 bits per heavy atom. The molecule has 1 aliphatic rings. The van der Waals surface area contributed by atoms with Crippen molar-refractivity contribution in [1.29, 1.82) is 0 Å². The number of nitrogens with one attached hydrogen (secondary N) is 1. The SMILES string of the molecule is CN(C)[C@H]1CCN(C(=O)c2ccc(Nc3nn(-c4c(Cl)cccc4Cl)nc3C(N)=O)cc2)C1. The van der Waals surface area contributed by atoms with E-state index in [0.29, 0.717) is 39.6 Å². The van der Waals surface area contributed by atoms with E-state index in [-0.39, 0.29) is 17.4 Å². The van der Waals surface area contributed by atoms with E-state index in [4.69, 9.17) is 28.9 Å². The number of para-hydroxylation sites is 1. The molecule has 2 amide bonds. The molecule has 0 spiro atoms. The molecule has 1 aromatic heterocycles. The Kier molecular flexibility index (Phi) is 6.55. The van der Waals surface area contributed by atoms with Crippen molar-refractivity contribution in [2.24, 2.45) is 5.73 Å². The van der Waals surface area contributed by atoms with Gasteiger partial charge in [-0.15, -0.1) is 15.0 Å². The summed E-state index contributed by atoms with van der Waals surface area (Å²) in [5.74, 6) is -0.628. The molecule has 11 heteroatoms. The van der Waals surface area contributed by atoms with Crippen LogP contribution in [0.25, 0.3) is 5.69 Å². The predicted molar refractivity (Wildman–Crippen MR) is 128 cm³/mol. The van der Waals surface area contributed by atoms with Gasteiger partial charge < -0.3 is 20.9 Å². The molecule has 33 heavy (non-hydrogen) atoms. The minimum Gasteiger partial charge on any atom is -0.364 e. The number of anilines is 2. The van der Waals surface area contributed by atoms with Gasteiger partial charge in [0.05, 0.1) is 10.0 Å². The highest BCUT2D eigenvalue weighted by Gasteiger charge is 2.28. The molecule has 0 unspecified atom stereocenters. The number of hydrogen-bond acceptors (Lipinski definition) is 6. The Morgan fingerprint density at radius 1 is 1.09 bits per heavy atom. The van der Waals surface area contributed by atoms with Gasteiger partial charge in [0.25, 0.3) is 11.8 Å². The fraction of sp³-hybridized carbons (Fsp3) is 0.273. The summed E-state index contributed by atoms with van der Waals surface area (Å²) in [4.78, 5) is 29.9. The van der Waals surface area contributed by atoms with Gasteiger partial charge in [0.2, 0.25) is 0 Å². The maximum absolute atomic E-state index is 12.8. The molecular formula is C22H23Cl2N7O2. The van der Waals surface area contributed by atoms with Crippen LogP contribution in [0.1, 0.15) is 27.3 Å². The summed E-state index contributed by atoms with van der Waals surface area (Å²) in [6, 6.07) is 12.3. The van der Waals surface area contributed by atoms with E-state index in [2.05, 4.69) is 20.4 Å². The topological polar surface area (TPSA) is 109 Å². The Labute approximate surface area is 201 Å². The molecule has 3 aromatic rings. The lowest BCUT2D eigenvalue weighted by atomic mass is 10.2. The van der Waals surface area contributed by atoms with E-state index in [1.807, 2.05) is 19.0 Å². The molecule has 1 saturated heterocycles. The zero-order chi connectivity index (χ0) is 23.7. The molecule has 3 N–H and O–H groups in total. The average molecular weight is 488 g/mol. The molecule has 0 bridgehead atoms. The summed E-state index contributed by atoms with van der Waals surface area (Å²) in [6.07, 6.45) is 0.958. The van der Waals surface area contributed by atoms with Crippen LogP contribution in [-0.2, 0) is 0 Å². The summed E-state index contributed by atoms with van der Waals surface area (Å²) in [7, 11) is 4.05. The minimum absolute atomic E-state index is 0.0111. The largest absolute Gasteiger partial charge is 0.364 e. The van der Waals surface area contributed by atoms with Gasteiger partial charge in [-0.05, 0) is 56.9 Å². The monoisotopic (exact) mass is 487 g/mol. The number of amides is 2. The third-order valence-corrected chi connectivity index (χ3v) is 6.17. The number of carbonyl (C=O) groups excluding carboxylic acids is 2. The number of carbonyl (C=O) groups is 2. The molecule has 1 atom stereocenters. The number of aromatic nitrogens is 3. The number of likely N-dealkylation sites (N-methyl/N-ethyl adjacent to an activating group) is 1. The number of primary amides is 1. The summed E-state index contributed by atoms with van der Waals surface area (Å²) >= 11 is 12.5. The third kappa shape index (κ3) is 4.80. The fourth-order valence-electron chi connectivity index (χ4n) is 3.70. The van der Waals surface area contributed by atoms with Gasteiger partial charge >= 0.3 is 0 Å². The van der Waals surface area contributed by atoms with Crippen LogP contribution in [0.3, 0.4) is 0 Å². The van der Waals surface area contributed by atoms with Gasteiger partial charge in [0.15, 0.2) is 11.5 Å². The molecule has 2 heterocycles. The van der Waals surface area contributed by atoms with Crippen molar-refractivity contribution in [1.82, 2.24) is 24.8 Å². The van der Waals surface area contributed by atoms with E-state index < -0.39 is 5.91 Å². The van der Waals surface area contributed by atoms with E-state index in [1.54, 1.807) is 42.5 Å². The lowest BCUT2D eigenvalue weighted by molar-refractivity contribution is 0.0783. The Morgan fingerprint density at radius 3 is 2.33 bits per heavy atom. The first-order valence-electron chi connectivity index (χ1n) is 10.3. The molecule has 1 aliphatic heterocycles. The lowest BCUT2D eigenvalue weighted by Crippen LogP contribution is -2.34. The van der Waals surface area contributed by atoms with E-state index in [1.165, 1.54) is 4.80 Å². The molecule has 0 saturated carbocycles. The lowest BCUT2D eigenvalue weighted by Gasteiger charge is -2.20. The predicted octanol–water partition coefficient (Wildman–Crippen LogP) is 3.19. The first kappa shape index (κ1) is 23.0. The normalized spacial score (nSPS) is 15.8. The zero-order valence-electron chi connectivity index (χ0n) is 18.1. The van der Waals surface area contributed by atoms with Crippen LogP contribution in [0.15, 0.2) is 42.5 Å². The summed E-state index contributed by atoms with van der Waals surface area (Å²) in [6.45, 7) is 1.44. The Balaban J connectivity index is 1.54. The van der Waals surface area contributed by atoms with Gasteiger partial charge in [-0.3, -0.25) is 9.59 Å². The van der Waals surface area contributed by atoms with Crippen LogP contribution < -0.4 is 11.1 Å². The number of halogens is 2. The fourth-order valence-corrected chi connectivity index (χ4v) is 4.25.